The molecule has 1 aliphatic heterocycles. The monoisotopic (exact) mass is 494 g/mol. The molecule has 0 amide bonds. The molecule has 0 saturated carbocycles. The predicted octanol–water partition coefficient (Wildman–Crippen LogP) is 4.83. The molecule has 0 bridgehead atoms. The number of aliphatic hydroxyl groups is 1. The predicted molar refractivity (Wildman–Crippen MR) is 130 cm³/mol. The summed E-state index contributed by atoms with van der Waals surface area (Å²) in [6, 6.07) is 9.56. The number of hydrogen-bond acceptors (Lipinski definition) is 7. The summed E-state index contributed by atoms with van der Waals surface area (Å²) in [5, 5.41) is 28.4. The zero-order valence-corrected chi connectivity index (χ0v) is 19.9. The second-order valence-electron chi connectivity index (χ2n) is 8.22. The molecule has 4 heterocycles. The van der Waals surface area contributed by atoms with Crippen LogP contribution in [0.5, 0.6) is 5.75 Å². The molecule has 2 N–H and O–H groups in total. The Hall–Kier alpha value is -3.38. The van der Waals surface area contributed by atoms with Gasteiger partial charge in [-0.05, 0) is 38.1 Å². The van der Waals surface area contributed by atoms with Gasteiger partial charge in [-0.15, -0.1) is 0 Å². The third-order valence-corrected chi connectivity index (χ3v) is 6.64. The van der Waals surface area contributed by atoms with Gasteiger partial charge in [-0.2, -0.15) is 10.4 Å². The number of pyridine rings is 2. The molecule has 0 spiro atoms. The molecule has 1 aliphatic rings. The Kier molecular flexibility index (Phi) is 5.78. The van der Waals surface area contributed by atoms with Gasteiger partial charge < -0.3 is 14.7 Å². The van der Waals surface area contributed by atoms with Crippen LogP contribution in [0.3, 0.4) is 0 Å². The Morgan fingerprint density at radius 2 is 2.03 bits per heavy atom. The minimum atomic E-state index is -0.410. The Labute approximate surface area is 205 Å². The van der Waals surface area contributed by atoms with E-state index >= 15 is 0 Å². The molecule has 1 aromatic carbocycles. The maximum atomic E-state index is 9.65. The van der Waals surface area contributed by atoms with Crippen LogP contribution in [-0.2, 0) is 0 Å². The lowest BCUT2D eigenvalue weighted by Crippen LogP contribution is -2.51. The van der Waals surface area contributed by atoms with Crippen LogP contribution in [0.1, 0.15) is 29.8 Å². The molecular formula is C24H20Cl2N6O2. The van der Waals surface area contributed by atoms with E-state index in [1.165, 1.54) is 0 Å². The first-order valence-electron chi connectivity index (χ1n) is 10.6. The molecule has 1 fully saturated rings. The van der Waals surface area contributed by atoms with Gasteiger partial charge in [0, 0.05) is 42.0 Å². The highest BCUT2D eigenvalue weighted by atomic mass is 35.5. The molecular weight excluding hydrogens is 475 g/mol. The van der Waals surface area contributed by atoms with Gasteiger partial charge in [0.05, 0.1) is 32.9 Å². The molecule has 0 radical (unpaired) electrons. The zero-order valence-electron chi connectivity index (χ0n) is 18.4. The molecule has 1 atom stereocenters. The van der Waals surface area contributed by atoms with Crippen LogP contribution in [0.2, 0.25) is 10.0 Å². The molecule has 8 nitrogen and oxygen atoms in total. The second kappa shape index (κ2) is 8.76. The highest BCUT2D eigenvalue weighted by Crippen LogP contribution is 2.36. The molecule has 10 heteroatoms. The Bertz CT molecular complexity index is 1440. The van der Waals surface area contributed by atoms with Crippen LogP contribution in [0.15, 0.2) is 36.7 Å². The van der Waals surface area contributed by atoms with Crippen molar-refractivity contribution in [3.8, 4) is 23.1 Å². The van der Waals surface area contributed by atoms with Crippen molar-refractivity contribution in [2.75, 3.05) is 18.0 Å². The minimum absolute atomic E-state index is 0.384. The molecule has 34 heavy (non-hydrogen) atoms. The van der Waals surface area contributed by atoms with E-state index in [2.05, 4.69) is 26.2 Å². The molecule has 5 rings (SSSR count). The number of nitrogens with zero attached hydrogens (tertiary/aromatic N) is 5. The van der Waals surface area contributed by atoms with Crippen molar-refractivity contribution in [2.45, 2.75) is 26.1 Å². The van der Waals surface area contributed by atoms with Crippen LogP contribution in [0, 0.1) is 18.3 Å². The van der Waals surface area contributed by atoms with Gasteiger partial charge in [-0.25, -0.2) is 4.98 Å². The lowest BCUT2D eigenvalue weighted by Gasteiger charge is -2.37. The smallest absolute Gasteiger partial charge is 0.146 e. The van der Waals surface area contributed by atoms with Gasteiger partial charge in [-0.1, -0.05) is 23.2 Å². The van der Waals surface area contributed by atoms with Gasteiger partial charge in [0.1, 0.15) is 29.4 Å². The number of halogens is 2. The van der Waals surface area contributed by atoms with E-state index in [9.17, 15) is 10.4 Å². The van der Waals surface area contributed by atoms with E-state index in [4.69, 9.17) is 27.9 Å². The topological polar surface area (TPSA) is 111 Å². The number of β-amino-alcohol motifs (C(OH)–C–C–N with tert-alkyl or cyclic N) is 1. The SMILES string of the molecule is Cc1ncc(Cl)c(C(C)Oc2ccc3[nH]nc(-c4cnc(N5CC(O)C5)c(C#N)c4)c3c2)c1Cl. The number of benzene rings is 1. The van der Waals surface area contributed by atoms with Crippen LogP contribution in [0.25, 0.3) is 22.2 Å². The summed E-state index contributed by atoms with van der Waals surface area (Å²) in [7, 11) is 0. The number of rotatable bonds is 5. The lowest BCUT2D eigenvalue weighted by atomic mass is 10.1. The average molecular weight is 495 g/mol. The number of aromatic nitrogens is 4. The largest absolute Gasteiger partial charge is 0.486 e. The number of ether oxygens (including phenoxy) is 1. The van der Waals surface area contributed by atoms with E-state index in [-0.39, 0.29) is 6.10 Å². The summed E-state index contributed by atoms with van der Waals surface area (Å²) < 4.78 is 6.18. The van der Waals surface area contributed by atoms with Crippen molar-refractivity contribution in [1.82, 2.24) is 20.2 Å². The molecule has 1 unspecified atom stereocenters. The Morgan fingerprint density at radius 1 is 1.24 bits per heavy atom. The fourth-order valence-corrected chi connectivity index (χ4v) is 4.70. The molecule has 172 valence electrons. The maximum Gasteiger partial charge on any atom is 0.146 e. The molecule has 3 aromatic heterocycles. The lowest BCUT2D eigenvalue weighted by molar-refractivity contribution is 0.141. The summed E-state index contributed by atoms with van der Waals surface area (Å²) in [5.74, 6) is 1.18. The molecule has 0 aliphatic carbocycles. The first-order valence-corrected chi connectivity index (χ1v) is 11.4. The van der Waals surface area contributed by atoms with E-state index in [0.717, 1.165) is 10.9 Å². The van der Waals surface area contributed by atoms with E-state index in [0.29, 0.717) is 62.8 Å². The van der Waals surface area contributed by atoms with Gasteiger partial charge in [0.25, 0.3) is 0 Å². The number of nitriles is 1. The van der Waals surface area contributed by atoms with E-state index in [1.807, 2.05) is 36.9 Å². The number of aliphatic hydroxyl groups excluding tert-OH is 1. The highest BCUT2D eigenvalue weighted by molar-refractivity contribution is 6.36. The number of aromatic amines is 1. The van der Waals surface area contributed by atoms with E-state index < -0.39 is 6.10 Å². The molecule has 1 saturated heterocycles. The summed E-state index contributed by atoms with van der Waals surface area (Å²) in [5.41, 5.74) is 3.97. The third kappa shape index (κ3) is 3.92. The van der Waals surface area contributed by atoms with Crippen LogP contribution in [-0.4, -0.2) is 44.5 Å². The van der Waals surface area contributed by atoms with Crippen molar-refractivity contribution < 1.29 is 9.84 Å². The number of anilines is 1. The van der Waals surface area contributed by atoms with Crippen LogP contribution < -0.4 is 9.64 Å². The quantitative estimate of drug-likeness (QED) is 0.408. The number of nitrogens with one attached hydrogen (secondary N) is 1. The van der Waals surface area contributed by atoms with Gasteiger partial charge in [-0.3, -0.25) is 10.1 Å². The first kappa shape index (κ1) is 22.4. The van der Waals surface area contributed by atoms with Crippen molar-refractivity contribution in [3.63, 3.8) is 0 Å². The zero-order chi connectivity index (χ0) is 24.0. The minimum Gasteiger partial charge on any atom is -0.486 e. The first-order chi connectivity index (χ1) is 16.4. The average Bonchev–Trinajstić information content (AvgIpc) is 3.22. The van der Waals surface area contributed by atoms with Gasteiger partial charge in [0.2, 0.25) is 0 Å². The van der Waals surface area contributed by atoms with E-state index in [1.54, 1.807) is 18.5 Å². The van der Waals surface area contributed by atoms with Crippen LogP contribution in [0.4, 0.5) is 5.82 Å². The van der Waals surface area contributed by atoms with Crippen molar-refractivity contribution >= 4 is 39.9 Å². The Balaban J connectivity index is 1.47. The van der Waals surface area contributed by atoms with Crippen molar-refractivity contribution in [1.29, 1.82) is 5.26 Å². The van der Waals surface area contributed by atoms with Gasteiger partial charge in [0.15, 0.2) is 0 Å². The second-order valence-corrected chi connectivity index (χ2v) is 9.01. The third-order valence-electron chi connectivity index (χ3n) is 5.86. The summed E-state index contributed by atoms with van der Waals surface area (Å²) in [4.78, 5) is 10.5. The van der Waals surface area contributed by atoms with Crippen LogP contribution >= 0.6 is 23.2 Å². The number of fused-ring (bicyclic) bond motifs is 1. The van der Waals surface area contributed by atoms with Crippen molar-refractivity contribution in [3.05, 3.63) is 63.5 Å². The van der Waals surface area contributed by atoms with Crippen molar-refractivity contribution in [2.24, 2.45) is 0 Å². The number of H-pyrrole nitrogens is 1. The normalized spacial score (nSPS) is 14.6. The fraction of sp³-hybridized carbons (Fsp3) is 0.250. The summed E-state index contributed by atoms with van der Waals surface area (Å²) in [6.07, 6.45) is 2.46. The maximum absolute atomic E-state index is 9.65. The van der Waals surface area contributed by atoms with Gasteiger partial charge >= 0.3 is 0 Å². The standard InChI is InChI=1S/C24H20Cl2N6O2/c1-12-22(26)21(19(25)9-28-12)13(2)34-17-3-4-20-18(6-17)23(31-30-20)15-5-14(7-27)24(29-8-15)32-10-16(33)11-32/h3-6,8-9,13,16,33H,10-11H2,1-2H3,(H,30,31). The number of hydrogen-bond donors (Lipinski definition) is 2. The summed E-state index contributed by atoms with van der Waals surface area (Å²) in [6.45, 7) is 4.63. The summed E-state index contributed by atoms with van der Waals surface area (Å²) >= 11 is 12.8. The fourth-order valence-electron chi connectivity index (χ4n) is 4.05. The highest BCUT2D eigenvalue weighted by Gasteiger charge is 2.28. The Morgan fingerprint density at radius 3 is 2.76 bits per heavy atom. The number of aryl methyl sites for hydroxylation is 1. The molecule has 4 aromatic rings.